The molecule has 6 heteroatoms. The fourth-order valence-corrected chi connectivity index (χ4v) is 6.12. The molecular formula is C26H22N2O3S. The number of aliphatic imine (C=N–C) groups is 1. The van der Waals surface area contributed by atoms with Gasteiger partial charge in [-0.3, -0.25) is 4.99 Å². The maximum Gasteiger partial charge on any atom is 0.344 e. The summed E-state index contributed by atoms with van der Waals surface area (Å²) in [5.41, 5.74) is 3.08. The fraction of sp³-hybridized carbons (Fsp3) is 0.231. The van der Waals surface area contributed by atoms with Crippen molar-refractivity contribution in [2.75, 3.05) is 6.61 Å². The number of benzene rings is 3. The first-order valence-electron chi connectivity index (χ1n) is 10.7. The summed E-state index contributed by atoms with van der Waals surface area (Å²) >= 11 is 1.24. The van der Waals surface area contributed by atoms with E-state index < -0.39 is 5.97 Å². The van der Waals surface area contributed by atoms with Crippen molar-refractivity contribution in [2.24, 2.45) is 10.9 Å². The number of amidine groups is 1. The van der Waals surface area contributed by atoms with Crippen LogP contribution in [0, 0.1) is 5.92 Å². The van der Waals surface area contributed by atoms with Gasteiger partial charge in [0.15, 0.2) is 5.17 Å². The molecule has 0 bridgehead atoms. The zero-order valence-electron chi connectivity index (χ0n) is 17.8. The fourth-order valence-electron chi connectivity index (χ4n) is 5.13. The average molecular weight is 443 g/mol. The Bertz CT molecular complexity index is 1330. The number of hydrogen-bond donors (Lipinski definition) is 1. The predicted octanol–water partition coefficient (Wildman–Crippen LogP) is 5.68. The average Bonchev–Trinajstić information content (AvgIpc) is 3.24. The summed E-state index contributed by atoms with van der Waals surface area (Å²) in [6.07, 6.45) is 1.72. The third-order valence-corrected chi connectivity index (χ3v) is 7.85. The quantitative estimate of drug-likeness (QED) is 0.553. The van der Waals surface area contributed by atoms with Crippen LogP contribution in [0.1, 0.15) is 25.5 Å². The monoisotopic (exact) mass is 442 g/mol. The number of carboxylic acid groups (broad SMARTS) is 1. The number of carbonyl (C=O) groups is 1. The highest BCUT2D eigenvalue weighted by atomic mass is 32.2. The highest BCUT2D eigenvalue weighted by Gasteiger charge is 2.51. The summed E-state index contributed by atoms with van der Waals surface area (Å²) in [5, 5.41) is 12.6. The number of fused-ring (bicyclic) bond motifs is 6. The molecule has 0 aliphatic carbocycles. The molecule has 0 saturated carbocycles. The van der Waals surface area contributed by atoms with Crippen LogP contribution in [0.15, 0.2) is 76.8 Å². The molecule has 3 aromatic rings. The molecule has 32 heavy (non-hydrogen) atoms. The number of nitrogens with zero attached hydrogens (tertiary/aromatic N) is 2. The van der Waals surface area contributed by atoms with Crippen LogP contribution in [-0.2, 0) is 4.79 Å². The first-order valence-corrected chi connectivity index (χ1v) is 11.5. The molecule has 160 valence electrons. The standard InChI is InChI=1S/C26H22N2O3S/c1-26(2)18-14-31-19-12-11-16-9-6-10-17(15-7-4-3-5-8-15)21(16)22(19)23(18)27-25-28(26)13-20(32-25)24(29)30/h3-13,18,23H,14H2,1-2H3,(H,29,30)/t18-,23-/m0/s1. The minimum Gasteiger partial charge on any atom is -0.493 e. The molecule has 3 aliphatic heterocycles. The maximum atomic E-state index is 11.6. The van der Waals surface area contributed by atoms with Crippen molar-refractivity contribution in [1.82, 2.24) is 4.90 Å². The van der Waals surface area contributed by atoms with Crippen molar-refractivity contribution in [2.45, 2.75) is 25.4 Å². The SMILES string of the molecule is CC1(C)[C@H]2COc3ccc4cccc(-c5ccccc5)c4c3[C@H]2N=C2SC(C(=O)O)=CN21. The number of thioether (sulfide) groups is 1. The predicted molar refractivity (Wildman–Crippen MR) is 128 cm³/mol. The van der Waals surface area contributed by atoms with E-state index in [1.165, 1.54) is 11.8 Å². The van der Waals surface area contributed by atoms with Crippen molar-refractivity contribution in [3.05, 3.63) is 77.3 Å². The Kier molecular flexibility index (Phi) is 4.17. The number of ether oxygens (including phenoxy) is 1. The Morgan fingerprint density at radius 1 is 1.12 bits per heavy atom. The van der Waals surface area contributed by atoms with E-state index in [0.29, 0.717) is 11.5 Å². The van der Waals surface area contributed by atoms with Crippen LogP contribution in [0.4, 0.5) is 0 Å². The lowest BCUT2D eigenvalue weighted by molar-refractivity contribution is -0.131. The van der Waals surface area contributed by atoms with E-state index in [-0.39, 0.29) is 17.5 Å². The molecule has 0 amide bonds. The van der Waals surface area contributed by atoms with Crippen molar-refractivity contribution in [3.8, 4) is 16.9 Å². The summed E-state index contributed by atoms with van der Waals surface area (Å²) in [4.78, 5) is 19.1. The van der Waals surface area contributed by atoms with E-state index in [4.69, 9.17) is 9.73 Å². The molecule has 0 fully saturated rings. The Morgan fingerprint density at radius 2 is 1.94 bits per heavy atom. The van der Waals surface area contributed by atoms with Crippen molar-refractivity contribution >= 4 is 33.7 Å². The number of rotatable bonds is 2. The number of hydrogen-bond acceptors (Lipinski definition) is 5. The van der Waals surface area contributed by atoms with Crippen molar-refractivity contribution < 1.29 is 14.6 Å². The van der Waals surface area contributed by atoms with Crippen LogP contribution >= 0.6 is 11.8 Å². The largest absolute Gasteiger partial charge is 0.493 e. The van der Waals surface area contributed by atoms with E-state index >= 15 is 0 Å². The maximum absolute atomic E-state index is 11.6. The third kappa shape index (κ3) is 2.72. The topological polar surface area (TPSA) is 62.1 Å². The lowest BCUT2D eigenvalue weighted by atomic mass is 9.74. The van der Waals surface area contributed by atoms with Crippen LogP contribution < -0.4 is 4.74 Å². The second-order valence-corrected chi connectivity index (χ2v) is 9.95. The van der Waals surface area contributed by atoms with Gasteiger partial charge in [-0.2, -0.15) is 0 Å². The Balaban J connectivity index is 1.60. The van der Waals surface area contributed by atoms with Gasteiger partial charge in [0.25, 0.3) is 0 Å². The van der Waals surface area contributed by atoms with Crippen LogP contribution in [0.5, 0.6) is 5.75 Å². The third-order valence-electron chi connectivity index (χ3n) is 6.87. The summed E-state index contributed by atoms with van der Waals surface area (Å²) in [6, 6.07) is 20.8. The van der Waals surface area contributed by atoms with Gasteiger partial charge in [-0.15, -0.1) is 0 Å². The molecule has 3 aliphatic rings. The van der Waals surface area contributed by atoms with Crippen LogP contribution in [0.2, 0.25) is 0 Å². The minimum absolute atomic E-state index is 0.0816. The second-order valence-electron chi connectivity index (χ2n) is 8.95. The smallest absolute Gasteiger partial charge is 0.344 e. The van der Waals surface area contributed by atoms with Crippen LogP contribution in [0.3, 0.4) is 0 Å². The Morgan fingerprint density at radius 3 is 2.72 bits per heavy atom. The molecule has 6 rings (SSSR count). The van der Waals surface area contributed by atoms with Crippen LogP contribution in [0.25, 0.3) is 21.9 Å². The highest BCUT2D eigenvalue weighted by Crippen LogP contribution is 2.53. The molecule has 0 saturated heterocycles. The molecule has 1 N–H and O–H groups in total. The number of aliphatic carboxylic acids is 1. The van der Waals surface area contributed by atoms with Gasteiger partial charge in [0.2, 0.25) is 0 Å². The lowest BCUT2D eigenvalue weighted by Crippen LogP contribution is -2.55. The Labute approximate surface area is 190 Å². The van der Waals surface area contributed by atoms with E-state index in [1.54, 1.807) is 6.20 Å². The Hall–Kier alpha value is -3.25. The van der Waals surface area contributed by atoms with E-state index in [1.807, 2.05) is 17.0 Å². The van der Waals surface area contributed by atoms with Gasteiger partial charge in [0, 0.05) is 23.2 Å². The first-order chi connectivity index (χ1) is 15.4. The summed E-state index contributed by atoms with van der Waals surface area (Å²) in [7, 11) is 0. The molecule has 5 nitrogen and oxygen atoms in total. The van der Waals surface area contributed by atoms with E-state index in [9.17, 15) is 9.90 Å². The molecule has 2 atom stereocenters. The lowest BCUT2D eigenvalue weighted by Gasteiger charge is -2.49. The van der Waals surface area contributed by atoms with Gasteiger partial charge in [0.1, 0.15) is 10.7 Å². The van der Waals surface area contributed by atoms with E-state index in [2.05, 4.69) is 62.4 Å². The summed E-state index contributed by atoms with van der Waals surface area (Å²) in [6.45, 7) is 4.84. The number of carboxylic acids is 1. The summed E-state index contributed by atoms with van der Waals surface area (Å²) in [5.74, 6) is 0.0302. The zero-order chi connectivity index (χ0) is 22.0. The molecule has 3 heterocycles. The molecular weight excluding hydrogens is 420 g/mol. The minimum atomic E-state index is -0.917. The highest BCUT2D eigenvalue weighted by molar-refractivity contribution is 8.18. The molecule has 0 radical (unpaired) electrons. The van der Waals surface area contributed by atoms with Gasteiger partial charge < -0.3 is 14.7 Å². The first kappa shape index (κ1) is 19.4. The van der Waals surface area contributed by atoms with Crippen molar-refractivity contribution in [3.63, 3.8) is 0 Å². The second kappa shape index (κ2) is 6.87. The van der Waals surface area contributed by atoms with Crippen LogP contribution in [-0.4, -0.2) is 33.3 Å². The van der Waals surface area contributed by atoms with Crippen molar-refractivity contribution in [1.29, 1.82) is 0 Å². The zero-order valence-corrected chi connectivity index (χ0v) is 18.6. The van der Waals surface area contributed by atoms with Gasteiger partial charge in [-0.1, -0.05) is 54.6 Å². The van der Waals surface area contributed by atoms with Gasteiger partial charge in [0.05, 0.1) is 12.6 Å². The van der Waals surface area contributed by atoms with Gasteiger partial charge >= 0.3 is 5.97 Å². The van der Waals surface area contributed by atoms with Gasteiger partial charge in [-0.05, 0) is 53.6 Å². The molecule has 0 spiro atoms. The van der Waals surface area contributed by atoms with Gasteiger partial charge in [-0.25, -0.2) is 4.79 Å². The normalized spacial score (nSPS) is 22.9. The molecule has 0 aromatic heterocycles. The molecule has 0 unspecified atom stereocenters. The molecule has 3 aromatic carbocycles. The summed E-state index contributed by atoms with van der Waals surface area (Å²) < 4.78 is 6.31. The van der Waals surface area contributed by atoms with E-state index in [0.717, 1.165) is 38.4 Å².